The third-order valence-corrected chi connectivity index (χ3v) is 2.29. The average Bonchev–Trinajstić information content (AvgIpc) is 2.27. The number of nitro groups is 1. The van der Waals surface area contributed by atoms with E-state index in [-0.39, 0.29) is 23.4 Å². The van der Waals surface area contributed by atoms with Gasteiger partial charge in [0.1, 0.15) is 5.60 Å². The molecular formula is C13H17N3O5. The van der Waals surface area contributed by atoms with Gasteiger partial charge in [0.15, 0.2) is 0 Å². The minimum atomic E-state index is -0.723. The van der Waals surface area contributed by atoms with Crippen LogP contribution in [0.2, 0.25) is 0 Å². The topological polar surface area (TPSA) is 125 Å². The highest BCUT2D eigenvalue weighted by Crippen LogP contribution is 2.24. The molecular weight excluding hydrogens is 278 g/mol. The molecule has 1 rings (SSSR count). The van der Waals surface area contributed by atoms with Gasteiger partial charge in [0.05, 0.1) is 17.0 Å². The number of primary amides is 1. The van der Waals surface area contributed by atoms with E-state index in [1.165, 1.54) is 12.1 Å². The van der Waals surface area contributed by atoms with Crippen LogP contribution in [0.1, 0.15) is 26.3 Å². The molecule has 0 fully saturated rings. The Kier molecular flexibility index (Phi) is 4.85. The first-order valence-corrected chi connectivity index (χ1v) is 6.14. The summed E-state index contributed by atoms with van der Waals surface area (Å²) in [5.41, 5.74) is 4.44. The minimum absolute atomic E-state index is 0.183. The summed E-state index contributed by atoms with van der Waals surface area (Å²) in [7, 11) is 0. The molecule has 1 aromatic carbocycles. The number of nitrogens with two attached hydrogens (primary N) is 1. The van der Waals surface area contributed by atoms with E-state index >= 15 is 0 Å². The fourth-order valence-corrected chi connectivity index (χ4v) is 1.57. The molecule has 0 aromatic heterocycles. The van der Waals surface area contributed by atoms with E-state index in [4.69, 9.17) is 10.5 Å². The molecule has 2 amide bonds. The van der Waals surface area contributed by atoms with Gasteiger partial charge in [-0.15, -0.1) is 0 Å². The second-order valence-electron chi connectivity index (χ2n) is 5.37. The molecule has 114 valence electrons. The number of hydrogen-bond donors (Lipinski definition) is 2. The van der Waals surface area contributed by atoms with Crippen molar-refractivity contribution in [3.63, 3.8) is 0 Å². The Hall–Kier alpha value is -2.64. The van der Waals surface area contributed by atoms with Gasteiger partial charge >= 0.3 is 6.09 Å². The first kappa shape index (κ1) is 16.4. The Morgan fingerprint density at radius 3 is 2.48 bits per heavy atom. The van der Waals surface area contributed by atoms with E-state index in [0.29, 0.717) is 0 Å². The molecule has 0 atom stereocenters. The summed E-state index contributed by atoms with van der Waals surface area (Å²) in [6.07, 6.45) is -0.970. The van der Waals surface area contributed by atoms with E-state index in [1.54, 1.807) is 20.8 Å². The molecule has 0 aliphatic carbocycles. The van der Waals surface area contributed by atoms with E-state index < -0.39 is 22.5 Å². The van der Waals surface area contributed by atoms with Crippen LogP contribution in [0.3, 0.4) is 0 Å². The molecule has 21 heavy (non-hydrogen) atoms. The second kappa shape index (κ2) is 6.21. The van der Waals surface area contributed by atoms with Gasteiger partial charge in [0.2, 0.25) is 5.91 Å². The number of nitrogens with one attached hydrogen (secondary N) is 1. The van der Waals surface area contributed by atoms with Crippen molar-refractivity contribution < 1.29 is 19.2 Å². The molecule has 1 aromatic rings. The number of carbonyl (C=O) groups excluding carboxylic acids is 2. The van der Waals surface area contributed by atoms with Crippen LogP contribution in [0.15, 0.2) is 18.2 Å². The van der Waals surface area contributed by atoms with Crippen molar-refractivity contribution in [2.75, 3.05) is 5.32 Å². The number of rotatable bonds is 4. The number of carbonyl (C=O) groups is 2. The van der Waals surface area contributed by atoms with Crippen molar-refractivity contribution in [3.05, 3.63) is 33.9 Å². The summed E-state index contributed by atoms with van der Waals surface area (Å²) in [6.45, 7) is 5.10. The third kappa shape index (κ3) is 5.47. The predicted molar refractivity (Wildman–Crippen MR) is 75.9 cm³/mol. The zero-order chi connectivity index (χ0) is 16.2. The lowest BCUT2D eigenvalue weighted by molar-refractivity contribution is -0.385. The Bertz CT molecular complexity index is 578. The van der Waals surface area contributed by atoms with Gasteiger partial charge in [-0.25, -0.2) is 4.79 Å². The van der Waals surface area contributed by atoms with Gasteiger partial charge in [0, 0.05) is 11.6 Å². The quantitative estimate of drug-likeness (QED) is 0.649. The van der Waals surface area contributed by atoms with Crippen molar-refractivity contribution in [3.8, 4) is 0 Å². The molecule has 0 saturated carbocycles. The van der Waals surface area contributed by atoms with Gasteiger partial charge in [-0.3, -0.25) is 20.2 Å². The average molecular weight is 295 g/mol. The molecule has 0 saturated heterocycles. The maximum Gasteiger partial charge on any atom is 0.412 e. The normalized spacial score (nSPS) is 10.8. The zero-order valence-corrected chi connectivity index (χ0v) is 12.0. The summed E-state index contributed by atoms with van der Waals surface area (Å²) in [6, 6.07) is 3.97. The number of hydrogen-bond acceptors (Lipinski definition) is 5. The zero-order valence-electron chi connectivity index (χ0n) is 12.0. The summed E-state index contributed by atoms with van der Waals surface area (Å²) >= 11 is 0. The first-order valence-electron chi connectivity index (χ1n) is 6.14. The standard InChI is InChI=1S/C13H17N3O5/c1-13(2,3)21-12(18)15-9-5-4-8(6-11(14)17)10(7-9)16(19)20/h4-5,7H,6H2,1-3H3,(H2,14,17)(H,15,18). The van der Waals surface area contributed by atoms with E-state index in [1.807, 2.05) is 0 Å². The van der Waals surface area contributed by atoms with Gasteiger partial charge in [-0.2, -0.15) is 0 Å². The van der Waals surface area contributed by atoms with E-state index in [2.05, 4.69) is 5.32 Å². The minimum Gasteiger partial charge on any atom is -0.444 e. The molecule has 3 N–H and O–H groups in total. The van der Waals surface area contributed by atoms with Gasteiger partial charge < -0.3 is 10.5 Å². The number of benzene rings is 1. The number of ether oxygens (including phenoxy) is 1. The van der Waals surface area contributed by atoms with Gasteiger partial charge in [-0.05, 0) is 32.9 Å². The first-order chi connectivity index (χ1) is 9.58. The fourth-order valence-electron chi connectivity index (χ4n) is 1.57. The maximum atomic E-state index is 11.6. The third-order valence-electron chi connectivity index (χ3n) is 2.29. The molecule has 8 heteroatoms. The van der Waals surface area contributed by atoms with Crippen molar-refractivity contribution in [2.45, 2.75) is 32.8 Å². The smallest absolute Gasteiger partial charge is 0.412 e. The Balaban J connectivity index is 2.96. The maximum absolute atomic E-state index is 11.6. The van der Waals surface area contributed by atoms with Crippen LogP contribution < -0.4 is 11.1 Å². The second-order valence-corrected chi connectivity index (χ2v) is 5.37. The Morgan fingerprint density at radius 1 is 1.38 bits per heavy atom. The lowest BCUT2D eigenvalue weighted by atomic mass is 10.1. The summed E-state index contributed by atoms with van der Waals surface area (Å²) < 4.78 is 5.04. The number of nitrogens with zero attached hydrogens (tertiary/aromatic N) is 1. The predicted octanol–water partition coefficient (Wildman–Crippen LogP) is 1.97. The largest absolute Gasteiger partial charge is 0.444 e. The fraction of sp³-hybridized carbons (Fsp3) is 0.385. The summed E-state index contributed by atoms with van der Waals surface area (Å²) in [4.78, 5) is 32.8. The lowest BCUT2D eigenvalue weighted by Gasteiger charge is -2.19. The number of amides is 2. The van der Waals surface area contributed by atoms with Crippen molar-refractivity contribution in [1.82, 2.24) is 0 Å². The molecule has 8 nitrogen and oxygen atoms in total. The number of anilines is 1. The van der Waals surface area contributed by atoms with Crippen molar-refractivity contribution >= 4 is 23.4 Å². The highest BCUT2D eigenvalue weighted by Gasteiger charge is 2.19. The van der Waals surface area contributed by atoms with E-state index in [9.17, 15) is 19.7 Å². The van der Waals surface area contributed by atoms with Crippen LogP contribution in [0.5, 0.6) is 0 Å². The monoisotopic (exact) mass is 295 g/mol. The van der Waals surface area contributed by atoms with Crippen molar-refractivity contribution in [1.29, 1.82) is 0 Å². The van der Waals surface area contributed by atoms with Crippen LogP contribution in [-0.2, 0) is 16.0 Å². The number of nitro benzene ring substituents is 1. The van der Waals surface area contributed by atoms with Crippen LogP contribution in [0.25, 0.3) is 0 Å². The molecule has 0 aliphatic heterocycles. The Morgan fingerprint density at radius 2 is 2.00 bits per heavy atom. The van der Waals surface area contributed by atoms with Crippen molar-refractivity contribution in [2.24, 2.45) is 5.73 Å². The highest BCUT2D eigenvalue weighted by atomic mass is 16.6. The van der Waals surface area contributed by atoms with E-state index in [0.717, 1.165) is 6.07 Å². The molecule has 0 aliphatic rings. The SMILES string of the molecule is CC(C)(C)OC(=O)Nc1ccc(CC(N)=O)c([N+](=O)[O-])c1. The van der Waals surface area contributed by atoms with Gasteiger partial charge in [0.25, 0.3) is 5.69 Å². The summed E-state index contributed by atoms with van der Waals surface area (Å²) in [5, 5.41) is 13.4. The molecule has 0 spiro atoms. The van der Waals surface area contributed by atoms with Crippen LogP contribution in [-0.4, -0.2) is 22.5 Å². The van der Waals surface area contributed by atoms with Crippen LogP contribution >= 0.6 is 0 Å². The molecule has 0 bridgehead atoms. The Labute approximate surface area is 121 Å². The summed E-state index contributed by atoms with van der Waals surface area (Å²) in [5.74, 6) is -0.675. The molecule has 0 unspecified atom stereocenters. The lowest BCUT2D eigenvalue weighted by Crippen LogP contribution is -2.27. The van der Waals surface area contributed by atoms with Gasteiger partial charge in [-0.1, -0.05) is 0 Å². The van der Waals surface area contributed by atoms with Crippen LogP contribution in [0, 0.1) is 10.1 Å². The molecule has 0 heterocycles. The molecule has 0 radical (unpaired) electrons. The van der Waals surface area contributed by atoms with Crippen LogP contribution in [0.4, 0.5) is 16.2 Å². The highest BCUT2D eigenvalue weighted by molar-refractivity contribution is 5.86.